The minimum Gasteiger partial charge on any atom is -0.508 e. The molecule has 0 bridgehead atoms. The number of fused-ring (bicyclic) bond motifs is 1. The fourth-order valence-electron chi connectivity index (χ4n) is 3.14. The Morgan fingerprint density at radius 2 is 1.59 bits per heavy atom. The van der Waals surface area contributed by atoms with E-state index < -0.39 is 0 Å². The van der Waals surface area contributed by atoms with Gasteiger partial charge in [-0.3, -0.25) is 4.79 Å². The summed E-state index contributed by atoms with van der Waals surface area (Å²) in [6, 6.07) is 18.4. The van der Waals surface area contributed by atoms with Gasteiger partial charge in [-0.1, -0.05) is 0 Å². The second kappa shape index (κ2) is 7.95. The van der Waals surface area contributed by atoms with Gasteiger partial charge in [0.25, 0.3) is 0 Å². The number of aliphatic hydroxyl groups excluding tert-OH is 1. The van der Waals surface area contributed by atoms with Gasteiger partial charge in [-0.2, -0.15) is 0 Å². The van der Waals surface area contributed by atoms with Gasteiger partial charge in [-0.05, 0) is 72.3 Å². The van der Waals surface area contributed by atoms with E-state index in [1.807, 2.05) is 0 Å². The van der Waals surface area contributed by atoms with Gasteiger partial charge in [0.2, 0.25) is 0 Å². The Labute approximate surface area is 171 Å². The summed E-state index contributed by atoms with van der Waals surface area (Å²) in [4.78, 5) is 14.2. The average molecular weight is 406 g/mol. The molecule has 0 spiro atoms. The lowest BCUT2D eigenvalue weighted by Gasteiger charge is -2.07. The number of phenols is 2. The van der Waals surface area contributed by atoms with Gasteiger partial charge >= 0.3 is 0 Å². The lowest BCUT2D eigenvalue weighted by molar-refractivity contribution is 0.104. The molecule has 0 amide bonds. The zero-order valence-electron chi connectivity index (χ0n) is 15.3. The number of aromatic hydroxyl groups is 2. The van der Waals surface area contributed by atoms with Crippen LogP contribution in [0.1, 0.15) is 15.9 Å². The molecule has 0 atom stereocenters. The van der Waals surface area contributed by atoms with Gasteiger partial charge in [0, 0.05) is 26.1 Å². The van der Waals surface area contributed by atoms with E-state index in [0.29, 0.717) is 16.9 Å². The first kappa shape index (κ1) is 19.0. The van der Waals surface area contributed by atoms with Crippen LogP contribution < -0.4 is 4.74 Å². The number of ketones is 1. The molecule has 0 radical (unpaired) electrons. The summed E-state index contributed by atoms with van der Waals surface area (Å²) in [5.41, 5.74) is 1.88. The Morgan fingerprint density at radius 1 is 0.897 bits per heavy atom. The zero-order valence-corrected chi connectivity index (χ0v) is 16.1. The average Bonchev–Trinajstić information content (AvgIpc) is 3.11. The van der Waals surface area contributed by atoms with Crippen LogP contribution in [0.5, 0.6) is 17.2 Å². The van der Waals surface area contributed by atoms with Crippen LogP contribution in [0.4, 0.5) is 0 Å². The maximum atomic E-state index is 13.4. The predicted molar refractivity (Wildman–Crippen MR) is 113 cm³/mol. The Hall–Kier alpha value is -3.35. The molecule has 29 heavy (non-hydrogen) atoms. The van der Waals surface area contributed by atoms with E-state index in [0.717, 1.165) is 20.5 Å². The molecule has 6 heteroatoms. The van der Waals surface area contributed by atoms with Crippen molar-refractivity contribution in [1.29, 1.82) is 0 Å². The lowest BCUT2D eigenvalue weighted by Crippen LogP contribution is -2.04. The van der Waals surface area contributed by atoms with Crippen LogP contribution in [0, 0.1) is 0 Å². The lowest BCUT2D eigenvalue weighted by atomic mass is 9.97. The van der Waals surface area contributed by atoms with Crippen molar-refractivity contribution in [2.24, 2.45) is 0 Å². The summed E-state index contributed by atoms with van der Waals surface area (Å²) in [5, 5.41) is 29.1. The van der Waals surface area contributed by atoms with Crippen molar-refractivity contribution in [3.05, 3.63) is 77.9 Å². The molecule has 0 aliphatic rings. The highest BCUT2D eigenvalue weighted by Crippen LogP contribution is 2.41. The van der Waals surface area contributed by atoms with Crippen LogP contribution in [-0.4, -0.2) is 34.3 Å². The van der Waals surface area contributed by atoms with Crippen molar-refractivity contribution in [1.82, 2.24) is 0 Å². The van der Waals surface area contributed by atoms with Crippen molar-refractivity contribution in [2.75, 3.05) is 13.2 Å². The SMILES string of the molecule is O=C(c1ccc(OCCO)cc1)c1c(-c2ccc(O)cc2)sc2cc(O)ccc12. The number of thiophene rings is 1. The highest BCUT2D eigenvalue weighted by Gasteiger charge is 2.22. The molecule has 4 rings (SSSR count). The van der Waals surface area contributed by atoms with Gasteiger partial charge in [-0.25, -0.2) is 0 Å². The minimum atomic E-state index is -0.140. The van der Waals surface area contributed by atoms with Gasteiger partial charge in [-0.15, -0.1) is 11.3 Å². The molecule has 0 aliphatic heterocycles. The summed E-state index contributed by atoms with van der Waals surface area (Å²) in [5.74, 6) is 0.729. The summed E-state index contributed by atoms with van der Waals surface area (Å²) in [7, 11) is 0. The van der Waals surface area contributed by atoms with Crippen LogP contribution in [-0.2, 0) is 0 Å². The summed E-state index contributed by atoms with van der Waals surface area (Å²) < 4.78 is 6.16. The van der Waals surface area contributed by atoms with E-state index in [9.17, 15) is 15.0 Å². The highest BCUT2D eigenvalue weighted by molar-refractivity contribution is 7.22. The predicted octanol–water partition coefficient (Wildman–Crippen LogP) is 4.58. The number of carbonyl (C=O) groups is 1. The van der Waals surface area contributed by atoms with Crippen molar-refractivity contribution >= 4 is 27.2 Å². The summed E-state index contributed by atoms with van der Waals surface area (Å²) in [6.07, 6.45) is 0. The van der Waals surface area contributed by atoms with Crippen LogP contribution in [0.3, 0.4) is 0 Å². The van der Waals surface area contributed by atoms with Crippen molar-refractivity contribution < 1.29 is 24.9 Å². The third-order valence-electron chi connectivity index (χ3n) is 4.51. The second-order valence-corrected chi connectivity index (χ2v) is 7.51. The maximum absolute atomic E-state index is 13.4. The number of phenolic OH excluding ortho intramolecular Hbond substituents is 2. The molecular weight excluding hydrogens is 388 g/mol. The molecule has 0 fully saturated rings. The normalized spacial score (nSPS) is 10.9. The highest BCUT2D eigenvalue weighted by atomic mass is 32.1. The minimum absolute atomic E-state index is 0.0790. The molecule has 3 N–H and O–H groups in total. The van der Waals surface area contributed by atoms with Crippen molar-refractivity contribution in [2.45, 2.75) is 0 Å². The number of carbonyl (C=O) groups excluding carboxylic acids is 1. The molecule has 1 aromatic heterocycles. The Kier molecular flexibility index (Phi) is 5.20. The first-order valence-corrected chi connectivity index (χ1v) is 9.82. The number of benzene rings is 3. The topological polar surface area (TPSA) is 87.0 Å². The quantitative estimate of drug-likeness (QED) is 0.408. The third-order valence-corrected chi connectivity index (χ3v) is 5.71. The van der Waals surface area contributed by atoms with E-state index in [2.05, 4.69) is 0 Å². The zero-order chi connectivity index (χ0) is 20.4. The van der Waals surface area contributed by atoms with Crippen LogP contribution in [0.15, 0.2) is 66.7 Å². The number of ether oxygens (including phenoxy) is 1. The number of hydrogen-bond acceptors (Lipinski definition) is 6. The molecule has 0 aliphatic carbocycles. The van der Waals surface area contributed by atoms with Gasteiger partial charge in [0.15, 0.2) is 5.78 Å². The smallest absolute Gasteiger partial charge is 0.195 e. The Morgan fingerprint density at radius 3 is 2.28 bits per heavy atom. The molecule has 0 unspecified atom stereocenters. The van der Waals surface area contributed by atoms with E-state index in [4.69, 9.17) is 9.84 Å². The number of hydrogen-bond donors (Lipinski definition) is 3. The fourth-order valence-corrected chi connectivity index (χ4v) is 4.38. The summed E-state index contributed by atoms with van der Waals surface area (Å²) in [6.45, 7) is 0.112. The van der Waals surface area contributed by atoms with E-state index in [1.165, 1.54) is 11.3 Å². The molecule has 5 nitrogen and oxygen atoms in total. The van der Waals surface area contributed by atoms with Gasteiger partial charge < -0.3 is 20.1 Å². The summed E-state index contributed by atoms with van der Waals surface area (Å²) >= 11 is 1.42. The number of aliphatic hydroxyl groups is 1. The molecule has 1 heterocycles. The van der Waals surface area contributed by atoms with E-state index in [1.54, 1.807) is 66.7 Å². The third kappa shape index (κ3) is 3.81. The maximum Gasteiger partial charge on any atom is 0.195 e. The molecule has 146 valence electrons. The largest absolute Gasteiger partial charge is 0.508 e. The van der Waals surface area contributed by atoms with E-state index >= 15 is 0 Å². The van der Waals surface area contributed by atoms with Gasteiger partial charge in [0.1, 0.15) is 23.9 Å². The van der Waals surface area contributed by atoms with Crippen LogP contribution in [0.25, 0.3) is 20.5 Å². The van der Waals surface area contributed by atoms with E-state index in [-0.39, 0.29) is 30.5 Å². The van der Waals surface area contributed by atoms with Gasteiger partial charge in [0.05, 0.1) is 6.61 Å². The molecule has 0 saturated carbocycles. The molecule has 0 saturated heterocycles. The monoisotopic (exact) mass is 406 g/mol. The van der Waals surface area contributed by atoms with Crippen molar-refractivity contribution in [3.63, 3.8) is 0 Å². The Balaban J connectivity index is 1.81. The van der Waals surface area contributed by atoms with Crippen LogP contribution >= 0.6 is 11.3 Å². The Bertz CT molecular complexity index is 1160. The number of rotatable bonds is 6. The molecular formula is C23H18O5S. The van der Waals surface area contributed by atoms with Crippen molar-refractivity contribution in [3.8, 4) is 27.7 Å². The molecule has 3 aromatic carbocycles. The molecule has 4 aromatic rings. The second-order valence-electron chi connectivity index (χ2n) is 6.46. The standard InChI is InChI=1S/C23H18O5S/c24-11-12-28-18-8-3-14(4-9-18)22(27)21-19-10-7-17(26)13-20(19)29-23(21)15-1-5-16(25)6-2-15/h1-10,13,24-26H,11-12H2. The first-order valence-electron chi connectivity index (χ1n) is 9.00. The van der Waals surface area contributed by atoms with Crippen LogP contribution in [0.2, 0.25) is 0 Å². The first-order chi connectivity index (χ1) is 14.1. The fraction of sp³-hybridized carbons (Fsp3) is 0.0870.